The van der Waals surface area contributed by atoms with Crippen LogP contribution in [-0.2, 0) is 62.6 Å². The van der Waals surface area contributed by atoms with Gasteiger partial charge in [0.05, 0.1) is 32.5 Å². The first-order valence-electron chi connectivity index (χ1n) is 20.9. The van der Waals surface area contributed by atoms with Crippen LogP contribution in [0, 0.1) is 0 Å². The lowest BCUT2D eigenvalue weighted by molar-refractivity contribution is -0.179. The van der Waals surface area contributed by atoms with Crippen LogP contribution in [-0.4, -0.2) is 103 Å². The molecule has 61 heavy (non-hydrogen) atoms. The zero-order valence-corrected chi connectivity index (χ0v) is 37.0. The third-order valence-corrected chi connectivity index (χ3v) is 8.75. The molecule has 3 aromatic carbocycles. The van der Waals surface area contributed by atoms with Crippen molar-refractivity contribution in [1.29, 1.82) is 0 Å². The number of ether oxygens (including phenoxy) is 7. The zero-order valence-electron chi connectivity index (χ0n) is 37.0. The quantitative estimate of drug-likeness (QED) is 0.0460. The van der Waals surface area contributed by atoms with Gasteiger partial charge in [-0.1, -0.05) is 104 Å². The van der Waals surface area contributed by atoms with Crippen molar-refractivity contribution < 1.29 is 52.3 Å². The minimum atomic E-state index is -0.903. The smallest absolute Gasteiger partial charge is 0.410 e. The van der Waals surface area contributed by atoms with Crippen molar-refractivity contribution in [2.24, 2.45) is 0 Å². The third-order valence-electron chi connectivity index (χ3n) is 8.75. The topological polar surface area (TPSA) is 139 Å². The second-order valence-electron chi connectivity index (χ2n) is 16.5. The van der Waals surface area contributed by atoms with Crippen molar-refractivity contribution >= 4 is 24.1 Å². The Morgan fingerprint density at radius 3 is 1.48 bits per heavy atom. The summed E-state index contributed by atoms with van der Waals surface area (Å²) in [6.07, 6.45) is -0.934. The molecule has 3 atom stereocenters. The monoisotopic (exact) mass is 846 g/mol. The van der Waals surface area contributed by atoms with Crippen LogP contribution in [0.4, 0.5) is 9.59 Å². The first-order valence-corrected chi connectivity index (χ1v) is 20.9. The second-order valence-corrected chi connectivity index (χ2v) is 16.5. The highest BCUT2D eigenvalue weighted by Gasteiger charge is 2.35. The van der Waals surface area contributed by atoms with Gasteiger partial charge >= 0.3 is 24.1 Å². The highest BCUT2D eigenvalue weighted by molar-refractivity contribution is 5.79. The van der Waals surface area contributed by atoms with E-state index in [1.807, 2.05) is 97.9 Å². The molecule has 0 bridgehead atoms. The summed E-state index contributed by atoms with van der Waals surface area (Å²) in [5.41, 5.74) is 1.14. The SMILES string of the molecule is C=CCCN(CC(=O)OC[C@H](OCc1ccccc1)[C@@H](OCc1ccccc1)[C@@H](CCOC(=O)CN(CCC)C(=O)OC(C)(C)C)OCc1ccccc1)C(=O)OC(C)(C)C. The van der Waals surface area contributed by atoms with Gasteiger partial charge in [0.15, 0.2) is 0 Å². The molecule has 0 heterocycles. The molecule has 0 radical (unpaired) electrons. The lowest BCUT2D eigenvalue weighted by Gasteiger charge is -2.34. The molecule has 0 saturated carbocycles. The van der Waals surface area contributed by atoms with E-state index in [0.717, 1.165) is 16.7 Å². The number of rotatable bonds is 25. The second kappa shape index (κ2) is 26.2. The number of hydrogen-bond acceptors (Lipinski definition) is 11. The number of benzene rings is 3. The predicted octanol–water partition coefficient (Wildman–Crippen LogP) is 8.68. The van der Waals surface area contributed by atoms with Crippen molar-refractivity contribution in [3.05, 3.63) is 120 Å². The standard InChI is InChI=1S/C48H66N2O11/c1-9-11-29-50(46(54)61-48(6,7)8)32-43(52)58-36-41(57-34-38-23-17-13-18-24-38)44(59-35-39-25-19-14-20-26-39)40(56-33-37-21-15-12-16-22-37)27-30-55-42(51)31-49(28-10-2)45(53)60-47(3,4)5/h9,12-26,40-41,44H,1,10-11,27-36H2,2-8H3/t40-,41+,44+/m1/s1. The Hall–Kier alpha value is -5.24. The summed E-state index contributed by atoms with van der Waals surface area (Å²) in [7, 11) is 0. The van der Waals surface area contributed by atoms with Crippen molar-refractivity contribution in [1.82, 2.24) is 9.80 Å². The highest BCUT2D eigenvalue weighted by Crippen LogP contribution is 2.22. The molecule has 0 aromatic heterocycles. The average molecular weight is 847 g/mol. The molecule has 3 aromatic rings. The molecule has 0 aliphatic heterocycles. The van der Waals surface area contributed by atoms with Gasteiger partial charge in [-0.2, -0.15) is 0 Å². The van der Waals surface area contributed by atoms with Crippen LogP contribution in [0.2, 0.25) is 0 Å². The molecular weight excluding hydrogens is 781 g/mol. The van der Waals surface area contributed by atoms with Crippen LogP contribution in [0.3, 0.4) is 0 Å². The van der Waals surface area contributed by atoms with E-state index in [9.17, 15) is 19.2 Å². The molecule has 13 heteroatoms. The Balaban J connectivity index is 1.94. The number of amides is 2. The third kappa shape index (κ3) is 20.7. The van der Waals surface area contributed by atoms with Crippen LogP contribution in [0.5, 0.6) is 0 Å². The summed E-state index contributed by atoms with van der Waals surface area (Å²) >= 11 is 0. The van der Waals surface area contributed by atoms with Gasteiger partial charge < -0.3 is 33.2 Å². The van der Waals surface area contributed by atoms with Gasteiger partial charge in [-0.3, -0.25) is 19.4 Å². The van der Waals surface area contributed by atoms with Gasteiger partial charge in [-0.15, -0.1) is 6.58 Å². The number of esters is 2. The largest absolute Gasteiger partial charge is 0.464 e. The van der Waals surface area contributed by atoms with Crippen molar-refractivity contribution in [2.45, 2.75) is 117 Å². The van der Waals surface area contributed by atoms with Gasteiger partial charge in [0.25, 0.3) is 0 Å². The summed E-state index contributed by atoms with van der Waals surface area (Å²) in [6.45, 7) is 16.2. The molecule has 334 valence electrons. The Bertz CT molecular complexity index is 1740. The van der Waals surface area contributed by atoms with Gasteiger partial charge in [0.2, 0.25) is 0 Å². The zero-order chi connectivity index (χ0) is 44.7. The Morgan fingerprint density at radius 2 is 1.03 bits per heavy atom. The van der Waals surface area contributed by atoms with Crippen molar-refractivity contribution in [2.75, 3.05) is 39.4 Å². The molecule has 2 amide bonds. The summed E-state index contributed by atoms with van der Waals surface area (Å²) in [6, 6.07) is 28.7. The fourth-order valence-corrected chi connectivity index (χ4v) is 5.86. The van der Waals surface area contributed by atoms with Gasteiger partial charge in [-0.05, 0) is 71.1 Å². The number of carbonyl (C=O) groups is 4. The van der Waals surface area contributed by atoms with E-state index in [1.165, 1.54) is 9.80 Å². The van der Waals surface area contributed by atoms with Gasteiger partial charge in [0, 0.05) is 19.5 Å². The van der Waals surface area contributed by atoms with Crippen LogP contribution in [0.25, 0.3) is 0 Å². The number of carbonyl (C=O) groups excluding carboxylic acids is 4. The van der Waals surface area contributed by atoms with E-state index in [0.29, 0.717) is 19.4 Å². The molecule has 0 spiro atoms. The summed E-state index contributed by atoms with van der Waals surface area (Å²) < 4.78 is 42.5. The maximum absolute atomic E-state index is 13.5. The van der Waals surface area contributed by atoms with Gasteiger partial charge in [0.1, 0.15) is 43.1 Å². The fourth-order valence-electron chi connectivity index (χ4n) is 5.86. The van der Waals surface area contributed by atoms with E-state index in [-0.39, 0.29) is 59.1 Å². The van der Waals surface area contributed by atoms with Crippen LogP contribution < -0.4 is 0 Å². The first-order chi connectivity index (χ1) is 29.1. The average Bonchev–Trinajstić information content (AvgIpc) is 3.21. The maximum Gasteiger partial charge on any atom is 0.410 e. The van der Waals surface area contributed by atoms with E-state index in [1.54, 1.807) is 47.6 Å². The van der Waals surface area contributed by atoms with E-state index >= 15 is 0 Å². The molecule has 0 unspecified atom stereocenters. The molecule has 0 fully saturated rings. The highest BCUT2D eigenvalue weighted by atomic mass is 16.6. The molecule has 0 saturated heterocycles. The van der Waals surface area contributed by atoms with Gasteiger partial charge in [-0.25, -0.2) is 9.59 Å². The van der Waals surface area contributed by atoms with E-state index in [4.69, 9.17) is 33.2 Å². The fraction of sp³-hybridized carbons (Fsp3) is 0.500. The molecular formula is C48H66N2O11. The minimum Gasteiger partial charge on any atom is -0.464 e. The molecule has 0 aliphatic carbocycles. The molecule has 13 nitrogen and oxygen atoms in total. The Labute approximate surface area is 362 Å². The van der Waals surface area contributed by atoms with E-state index < -0.39 is 53.6 Å². The van der Waals surface area contributed by atoms with Crippen molar-refractivity contribution in [3.8, 4) is 0 Å². The lowest BCUT2D eigenvalue weighted by Crippen LogP contribution is -2.47. The predicted molar refractivity (Wildman–Crippen MR) is 232 cm³/mol. The number of hydrogen-bond donors (Lipinski definition) is 0. The van der Waals surface area contributed by atoms with Crippen LogP contribution in [0.1, 0.15) is 84.4 Å². The maximum atomic E-state index is 13.5. The lowest BCUT2D eigenvalue weighted by atomic mass is 10.0. The Morgan fingerprint density at radius 1 is 0.607 bits per heavy atom. The summed E-state index contributed by atoms with van der Waals surface area (Å²) in [5, 5.41) is 0. The molecule has 3 rings (SSSR count). The normalized spacial score (nSPS) is 13.0. The molecule has 0 aliphatic rings. The first kappa shape index (κ1) is 50.1. The molecule has 0 N–H and O–H groups in total. The van der Waals surface area contributed by atoms with Crippen LogP contribution >= 0.6 is 0 Å². The van der Waals surface area contributed by atoms with Crippen molar-refractivity contribution in [3.63, 3.8) is 0 Å². The minimum absolute atomic E-state index is 0.0862. The summed E-state index contributed by atoms with van der Waals surface area (Å²) in [5.74, 6) is -1.29. The van der Waals surface area contributed by atoms with E-state index in [2.05, 4.69) is 6.58 Å². The Kier molecular flexibility index (Phi) is 21.5. The number of nitrogens with zero attached hydrogens (tertiary/aromatic N) is 2. The van der Waals surface area contributed by atoms with Crippen LogP contribution in [0.15, 0.2) is 104 Å². The summed E-state index contributed by atoms with van der Waals surface area (Å²) in [4.78, 5) is 55.3.